The number of hydrogen-bond donors (Lipinski definition) is 1. The minimum Gasteiger partial charge on any atom is -0.494 e. The molecule has 1 saturated heterocycles. The third-order valence-electron chi connectivity index (χ3n) is 3.79. The number of anilines is 1. The number of carbonyl (C=O) groups excluding carboxylic acids is 2. The number of rotatable bonds is 5. The number of aliphatic imine (C=N–C) groups is 1. The van der Waals surface area contributed by atoms with Crippen LogP contribution in [0.25, 0.3) is 0 Å². The minimum atomic E-state index is -1.07. The van der Waals surface area contributed by atoms with E-state index in [0.717, 1.165) is 4.47 Å². The van der Waals surface area contributed by atoms with Crippen LogP contribution in [0.2, 0.25) is 0 Å². The van der Waals surface area contributed by atoms with Gasteiger partial charge in [0.1, 0.15) is 5.75 Å². The normalized spacial score (nSPS) is 17.3. The van der Waals surface area contributed by atoms with Crippen LogP contribution in [0.3, 0.4) is 0 Å². The molecule has 1 atom stereocenters. The van der Waals surface area contributed by atoms with Crippen molar-refractivity contribution in [2.24, 2.45) is 10.9 Å². The standard InChI is InChI=1S/C19H16BrN3O3S/c1-2-26-15-5-3-4-13(10-15)21-11-16-17(24)22-19(27)23(18(16)25)14-8-6-12(20)7-9-14/h3-11,16H,2H2,1H3,(H,22,24,27)/t16-/m1/s1. The molecule has 0 aromatic heterocycles. The van der Waals surface area contributed by atoms with E-state index in [9.17, 15) is 9.59 Å². The molecular formula is C19H16BrN3O3S. The second kappa shape index (κ2) is 8.41. The summed E-state index contributed by atoms with van der Waals surface area (Å²) in [6, 6.07) is 14.2. The number of carbonyl (C=O) groups is 2. The van der Waals surface area contributed by atoms with Crippen molar-refractivity contribution in [1.29, 1.82) is 0 Å². The van der Waals surface area contributed by atoms with Gasteiger partial charge in [-0.05, 0) is 55.5 Å². The van der Waals surface area contributed by atoms with Crippen LogP contribution in [0.1, 0.15) is 6.92 Å². The highest BCUT2D eigenvalue weighted by atomic mass is 79.9. The van der Waals surface area contributed by atoms with Gasteiger partial charge in [-0.25, -0.2) is 0 Å². The fourth-order valence-corrected chi connectivity index (χ4v) is 3.10. The van der Waals surface area contributed by atoms with Crippen LogP contribution in [0.15, 0.2) is 58.0 Å². The summed E-state index contributed by atoms with van der Waals surface area (Å²) in [4.78, 5) is 30.7. The Balaban J connectivity index is 1.85. The van der Waals surface area contributed by atoms with Crippen molar-refractivity contribution in [2.75, 3.05) is 11.5 Å². The first-order valence-corrected chi connectivity index (χ1v) is 9.41. The zero-order chi connectivity index (χ0) is 19.4. The van der Waals surface area contributed by atoms with Gasteiger partial charge in [0.15, 0.2) is 11.0 Å². The summed E-state index contributed by atoms with van der Waals surface area (Å²) in [5, 5.41) is 2.61. The summed E-state index contributed by atoms with van der Waals surface area (Å²) in [5.41, 5.74) is 1.16. The van der Waals surface area contributed by atoms with Crippen molar-refractivity contribution in [3.63, 3.8) is 0 Å². The molecule has 0 spiro atoms. The van der Waals surface area contributed by atoms with Crippen molar-refractivity contribution >= 4 is 62.7 Å². The molecule has 0 unspecified atom stereocenters. The van der Waals surface area contributed by atoms with E-state index in [-0.39, 0.29) is 5.11 Å². The molecular weight excluding hydrogens is 430 g/mol. The predicted molar refractivity (Wildman–Crippen MR) is 112 cm³/mol. The first-order chi connectivity index (χ1) is 13.0. The fourth-order valence-electron chi connectivity index (χ4n) is 2.54. The van der Waals surface area contributed by atoms with E-state index in [1.807, 2.05) is 13.0 Å². The first kappa shape index (κ1) is 19.2. The number of nitrogens with zero attached hydrogens (tertiary/aromatic N) is 2. The Hall–Kier alpha value is -2.58. The second-order valence-corrected chi connectivity index (χ2v) is 6.93. The third-order valence-corrected chi connectivity index (χ3v) is 4.60. The summed E-state index contributed by atoms with van der Waals surface area (Å²) in [6.45, 7) is 2.43. The summed E-state index contributed by atoms with van der Waals surface area (Å²) < 4.78 is 6.30. The number of hydrogen-bond acceptors (Lipinski definition) is 5. The van der Waals surface area contributed by atoms with Crippen LogP contribution < -0.4 is 15.0 Å². The highest BCUT2D eigenvalue weighted by molar-refractivity contribution is 9.10. The molecule has 2 aromatic rings. The van der Waals surface area contributed by atoms with Crippen LogP contribution in [-0.2, 0) is 9.59 Å². The summed E-state index contributed by atoms with van der Waals surface area (Å²) in [6.07, 6.45) is 1.33. The molecule has 1 N–H and O–H groups in total. The van der Waals surface area contributed by atoms with Crippen molar-refractivity contribution in [3.05, 3.63) is 53.0 Å². The van der Waals surface area contributed by atoms with Crippen LogP contribution in [0.5, 0.6) is 5.75 Å². The van der Waals surface area contributed by atoms with Gasteiger partial charge in [-0.2, -0.15) is 0 Å². The molecule has 3 rings (SSSR count). The Morgan fingerprint density at radius 1 is 1.26 bits per heavy atom. The lowest BCUT2D eigenvalue weighted by Gasteiger charge is -2.30. The quantitative estimate of drug-likeness (QED) is 0.433. The van der Waals surface area contributed by atoms with E-state index in [1.165, 1.54) is 11.1 Å². The number of benzene rings is 2. The number of thiocarbonyl (C=S) groups is 1. The largest absolute Gasteiger partial charge is 0.494 e. The smallest absolute Gasteiger partial charge is 0.251 e. The molecule has 27 heavy (non-hydrogen) atoms. The minimum absolute atomic E-state index is 0.0512. The van der Waals surface area contributed by atoms with Crippen molar-refractivity contribution in [3.8, 4) is 5.75 Å². The lowest BCUT2D eigenvalue weighted by molar-refractivity contribution is -0.130. The summed E-state index contributed by atoms with van der Waals surface area (Å²) >= 11 is 8.52. The third kappa shape index (κ3) is 4.40. The van der Waals surface area contributed by atoms with Gasteiger partial charge < -0.3 is 10.1 Å². The van der Waals surface area contributed by atoms with Gasteiger partial charge in [0, 0.05) is 16.8 Å². The second-order valence-electron chi connectivity index (χ2n) is 5.63. The van der Waals surface area contributed by atoms with E-state index in [0.29, 0.717) is 23.7 Å². The van der Waals surface area contributed by atoms with Gasteiger partial charge in [0.05, 0.1) is 18.0 Å². The first-order valence-electron chi connectivity index (χ1n) is 8.21. The molecule has 1 aliphatic rings. The number of ether oxygens (including phenoxy) is 1. The molecule has 1 heterocycles. The molecule has 6 nitrogen and oxygen atoms in total. The average molecular weight is 446 g/mol. The Morgan fingerprint density at radius 3 is 2.70 bits per heavy atom. The lowest BCUT2D eigenvalue weighted by Crippen LogP contribution is -2.58. The molecule has 2 amide bonds. The Morgan fingerprint density at radius 2 is 2.00 bits per heavy atom. The average Bonchev–Trinajstić information content (AvgIpc) is 2.63. The van der Waals surface area contributed by atoms with Crippen LogP contribution in [0, 0.1) is 5.92 Å². The number of halogens is 1. The predicted octanol–water partition coefficient (Wildman–Crippen LogP) is 3.61. The zero-order valence-electron chi connectivity index (χ0n) is 14.4. The highest BCUT2D eigenvalue weighted by Crippen LogP contribution is 2.24. The molecule has 8 heteroatoms. The Labute approximate surface area is 170 Å². The van der Waals surface area contributed by atoms with Crippen LogP contribution >= 0.6 is 28.1 Å². The number of nitrogens with one attached hydrogen (secondary N) is 1. The summed E-state index contributed by atoms with van der Waals surface area (Å²) in [7, 11) is 0. The maximum atomic E-state index is 12.9. The topological polar surface area (TPSA) is 71.0 Å². The Kier molecular flexibility index (Phi) is 5.98. The maximum Gasteiger partial charge on any atom is 0.251 e. The molecule has 0 aliphatic carbocycles. The molecule has 138 valence electrons. The maximum absolute atomic E-state index is 12.9. The molecule has 0 saturated carbocycles. The van der Waals surface area contributed by atoms with Crippen molar-refractivity contribution < 1.29 is 14.3 Å². The number of amides is 2. The highest BCUT2D eigenvalue weighted by Gasteiger charge is 2.38. The molecule has 0 radical (unpaired) electrons. The molecule has 1 fully saturated rings. The van der Waals surface area contributed by atoms with Crippen molar-refractivity contribution in [1.82, 2.24) is 5.32 Å². The van der Waals surface area contributed by atoms with Gasteiger partial charge in [-0.1, -0.05) is 22.0 Å². The SMILES string of the molecule is CCOc1cccc(N=C[C@@H]2C(=O)NC(=S)N(c3ccc(Br)cc3)C2=O)c1. The van der Waals surface area contributed by atoms with E-state index in [1.54, 1.807) is 42.5 Å². The van der Waals surface area contributed by atoms with E-state index < -0.39 is 17.7 Å². The molecule has 0 bridgehead atoms. The summed E-state index contributed by atoms with van der Waals surface area (Å²) in [5.74, 6) is -1.35. The van der Waals surface area contributed by atoms with Gasteiger partial charge >= 0.3 is 0 Å². The van der Waals surface area contributed by atoms with Gasteiger partial charge in [0.2, 0.25) is 5.91 Å². The lowest BCUT2D eigenvalue weighted by atomic mass is 10.1. The van der Waals surface area contributed by atoms with Crippen LogP contribution in [0.4, 0.5) is 11.4 Å². The zero-order valence-corrected chi connectivity index (χ0v) is 16.8. The van der Waals surface area contributed by atoms with Crippen molar-refractivity contribution in [2.45, 2.75) is 6.92 Å². The van der Waals surface area contributed by atoms with E-state index >= 15 is 0 Å². The fraction of sp³-hybridized carbons (Fsp3) is 0.158. The van der Waals surface area contributed by atoms with Gasteiger partial charge in [-0.15, -0.1) is 0 Å². The van der Waals surface area contributed by atoms with Crippen LogP contribution in [-0.4, -0.2) is 29.7 Å². The van der Waals surface area contributed by atoms with E-state index in [4.69, 9.17) is 17.0 Å². The monoisotopic (exact) mass is 445 g/mol. The molecule has 2 aromatic carbocycles. The Bertz CT molecular complexity index is 915. The van der Waals surface area contributed by atoms with Gasteiger partial charge in [-0.3, -0.25) is 19.5 Å². The molecule has 1 aliphatic heterocycles. The van der Waals surface area contributed by atoms with E-state index in [2.05, 4.69) is 26.2 Å². The van der Waals surface area contributed by atoms with Gasteiger partial charge in [0.25, 0.3) is 5.91 Å².